The van der Waals surface area contributed by atoms with E-state index in [0.717, 1.165) is 21.9 Å². The van der Waals surface area contributed by atoms with Gasteiger partial charge in [-0.15, -0.1) is 10.2 Å². The van der Waals surface area contributed by atoms with E-state index in [1.54, 1.807) is 18.3 Å². The van der Waals surface area contributed by atoms with Crippen LogP contribution < -0.4 is 5.56 Å². The largest absolute Gasteiger partial charge is 0.416 e. The minimum atomic E-state index is -0.337. The molecule has 7 nitrogen and oxygen atoms in total. The molecule has 3 aromatic rings. The monoisotopic (exact) mass is 329 g/mol. The number of rotatable bonds is 1. The van der Waals surface area contributed by atoms with E-state index in [1.807, 2.05) is 31.2 Å². The topological polar surface area (TPSA) is 97.6 Å². The normalized spacial score (nSPS) is 11.6. The lowest BCUT2D eigenvalue weighted by Crippen LogP contribution is -2.10. The maximum Gasteiger partial charge on any atom is 0.262 e. The fourth-order valence-corrected chi connectivity index (χ4v) is 2.95. The molecule has 7 heteroatoms. The standard InChI is InChI=1S/C18H11N5O2/c1-9-4-2-6-11-13(9)20-18-14(11)22-23-17(25-18)12-8-10-5-3-7-19-15(10)21-16(12)24/h2-8H,1H3,(H,19,21,24). The number of aromatic nitrogens is 5. The lowest BCUT2D eigenvalue weighted by molar-refractivity contribution is 0.530. The molecule has 25 heavy (non-hydrogen) atoms. The molecule has 5 rings (SSSR count). The summed E-state index contributed by atoms with van der Waals surface area (Å²) in [5.41, 5.74) is 2.90. The van der Waals surface area contributed by atoms with Gasteiger partial charge in [-0.2, -0.15) is 0 Å². The molecule has 4 heterocycles. The lowest BCUT2D eigenvalue weighted by Gasteiger charge is -2.02. The highest BCUT2D eigenvalue weighted by Crippen LogP contribution is 2.32. The van der Waals surface area contributed by atoms with E-state index < -0.39 is 0 Å². The van der Waals surface area contributed by atoms with Crippen molar-refractivity contribution in [3.8, 4) is 23.0 Å². The molecule has 2 aliphatic rings. The minimum Gasteiger partial charge on any atom is -0.416 e. The molecule has 0 spiro atoms. The van der Waals surface area contributed by atoms with Crippen molar-refractivity contribution < 1.29 is 4.42 Å². The molecular formula is C18H11N5O2. The lowest BCUT2D eigenvalue weighted by atomic mass is 10.1. The maximum atomic E-state index is 12.4. The number of pyridine rings is 2. The number of benzene rings is 1. The molecule has 0 unspecified atom stereocenters. The summed E-state index contributed by atoms with van der Waals surface area (Å²) >= 11 is 0. The first kappa shape index (κ1) is 13.8. The van der Waals surface area contributed by atoms with Crippen LogP contribution in [0, 0.1) is 6.92 Å². The first-order chi connectivity index (χ1) is 12.2. The Labute approximate surface area is 140 Å². The smallest absolute Gasteiger partial charge is 0.262 e. The molecule has 0 saturated heterocycles. The Balaban J connectivity index is 1.78. The molecular weight excluding hydrogens is 318 g/mol. The quantitative estimate of drug-likeness (QED) is 0.508. The number of aryl methyl sites for hydroxylation is 1. The molecule has 1 aromatic carbocycles. The van der Waals surface area contributed by atoms with Crippen LogP contribution in [0.2, 0.25) is 0 Å². The first-order valence-electron chi connectivity index (χ1n) is 7.72. The van der Waals surface area contributed by atoms with Gasteiger partial charge in [-0.3, -0.25) is 4.79 Å². The van der Waals surface area contributed by atoms with E-state index in [2.05, 4.69) is 25.1 Å². The Morgan fingerprint density at radius 2 is 2.00 bits per heavy atom. The summed E-state index contributed by atoms with van der Waals surface area (Å²) in [6, 6.07) is 11.2. The molecule has 120 valence electrons. The maximum absolute atomic E-state index is 12.4. The molecule has 0 amide bonds. The van der Waals surface area contributed by atoms with Gasteiger partial charge in [0.1, 0.15) is 11.2 Å². The highest BCUT2D eigenvalue weighted by Gasteiger charge is 2.20. The zero-order valence-corrected chi connectivity index (χ0v) is 13.1. The summed E-state index contributed by atoms with van der Waals surface area (Å²) in [5, 5.41) is 10.00. The van der Waals surface area contributed by atoms with E-state index in [0.29, 0.717) is 22.8 Å². The Bertz CT molecular complexity index is 1290. The third-order valence-electron chi connectivity index (χ3n) is 4.19. The highest BCUT2D eigenvalue weighted by atomic mass is 16.4. The fraction of sp³-hybridized carbons (Fsp3) is 0.0556. The Kier molecular flexibility index (Phi) is 2.73. The van der Waals surface area contributed by atoms with Crippen molar-refractivity contribution in [2.24, 2.45) is 0 Å². The predicted molar refractivity (Wildman–Crippen MR) is 92.3 cm³/mol. The Morgan fingerprint density at radius 1 is 1.08 bits per heavy atom. The van der Waals surface area contributed by atoms with Crippen molar-refractivity contribution in [3.05, 3.63) is 58.5 Å². The number of hydrogen-bond acceptors (Lipinski definition) is 6. The van der Waals surface area contributed by atoms with Crippen LogP contribution >= 0.6 is 0 Å². The van der Waals surface area contributed by atoms with Crippen LogP contribution in [0.3, 0.4) is 0 Å². The number of para-hydroxylation sites is 1. The fourth-order valence-electron chi connectivity index (χ4n) is 2.95. The van der Waals surface area contributed by atoms with Crippen molar-refractivity contribution in [2.45, 2.75) is 6.92 Å². The van der Waals surface area contributed by atoms with Crippen LogP contribution in [0.5, 0.6) is 0 Å². The molecule has 2 aliphatic heterocycles. The zero-order chi connectivity index (χ0) is 17.0. The molecule has 0 radical (unpaired) electrons. The second-order valence-electron chi connectivity index (χ2n) is 5.80. The predicted octanol–water partition coefficient (Wildman–Crippen LogP) is 2.93. The van der Waals surface area contributed by atoms with E-state index >= 15 is 0 Å². The summed E-state index contributed by atoms with van der Waals surface area (Å²) in [6.45, 7) is 1.98. The molecule has 0 atom stereocenters. The highest BCUT2D eigenvalue weighted by molar-refractivity contribution is 5.95. The van der Waals surface area contributed by atoms with Gasteiger partial charge in [0.15, 0.2) is 5.69 Å². The summed E-state index contributed by atoms with van der Waals surface area (Å²) in [6.07, 6.45) is 1.62. The van der Waals surface area contributed by atoms with Gasteiger partial charge in [0.25, 0.3) is 17.3 Å². The molecule has 0 aliphatic carbocycles. The number of nitrogens with zero attached hydrogens (tertiary/aromatic N) is 4. The second kappa shape index (κ2) is 4.94. The van der Waals surface area contributed by atoms with Crippen molar-refractivity contribution >= 4 is 21.9 Å². The Hall–Kier alpha value is -3.61. The van der Waals surface area contributed by atoms with Crippen LogP contribution in [-0.2, 0) is 0 Å². The van der Waals surface area contributed by atoms with Crippen LogP contribution in [0.4, 0.5) is 0 Å². The van der Waals surface area contributed by atoms with Crippen molar-refractivity contribution in [3.63, 3.8) is 0 Å². The molecule has 0 fully saturated rings. The van der Waals surface area contributed by atoms with Gasteiger partial charge in [0, 0.05) is 17.0 Å². The zero-order valence-electron chi connectivity index (χ0n) is 13.1. The summed E-state index contributed by atoms with van der Waals surface area (Å²) in [7, 11) is 0. The van der Waals surface area contributed by atoms with E-state index in [-0.39, 0.29) is 11.4 Å². The van der Waals surface area contributed by atoms with Gasteiger partial charge in [-0.25, -0.2) is 9.97 Å². The van der Waals surface area contributed by atoms with Crippen molar-refractivity contribution in [2.75, 3.05) is 0 Å². The molecule has 2 aromatic heterocycles. The van der Waals surface area contributed by atoms with Crippen LogP contribution in [0.1, 0.15) is 5.56 Å². The summed E-state index contributed by atoms with van der Waals surface area (Å²) in [5.74, 6) is 0.486. The second-order valence-corrected chi connectivity index (χ2v) is 5.80. The number of fused-ring (bicyclic) bond motifs is 4. The summed E-state index contributed by atoms with van der Waals surface area (Å²) < 4.78 is 5.79. The van der Waals surface area contributed by atoms with Crippen molar-refractivity contribution in [1.82, 2.24) is 25.1 Å². The van der Waals surface area contributed by atoms with Crippen LogP contribution in [0.15, 0.2) is 51.8 Å². The van der Waals surface area contributed by atoms with E-state index in [9.17, 15) is 4.79 Å². The summed E-state index contributed by atoms with van der Waals surface area (Å²) in [4.78, 5) is 23.7. The number of nitrogens with one attached hydrogen (secondary N) is 1. The third kappa shape index (κ3) is 2.02. The van der Waals surface area contributed by atoms with Gasteiger partial charge < -0.3 is 9.40 Å². The van der Waals surface area contributed by atoms with E-state index in [1.165, 1.54) is 0 Å². The minimum absolute atomic E-state index is 0.125. The average Bonchev–Trinajstić information content (AvgIpc) is 3.00. The third-order valence-corrected chi connectivity index (χ3v) is 4.19. The van der Waals surface area contributed by atoms with Gasteiger partial charge >= 0.3 is 0 Å². The number of aromatic amines is 1. The SMILES string of the molecule is Cc1cccc2c3nnc(-c4cc5cccnc5[nH]c4=O)oc-3nc12. The van der Waals surface area contributed by atoms with E-state index in [4.69, 9.17) is 4.42 Å². The Morgan fingerprint density at radius 3 is 2.92 bits per heavy atom. The van der Waals surface area contributed by atoms with Gasteiger partial charge in [0.05, 0.1) is 5.52 Å². The van der Waals surface area contributed by atoms with Gasteiger partial charge in [-0.1, -0.05) is 18.2 Å². The molecule has 1 N–H and O–H groups in total. The number of H-pyrrole nitrogens is 1. The van der Waals surface area contributed by atoms with Crippen LogP contribution in [-0.4, -0.2) is 25.1 Å². The first-order valence-corrected chi connectivity index (χ1v) is 7.72. The van der Waals surface area contributed by atoms with Crippen LogP contribution in [0.25, 0.3) is 45.0 Å². The van der Waals surface area contributed by atoms with Gasteiger partial charge in [-0.05, 0) is 30.7 Å². The average molecular weight is 329 g/mol. The molecule has 0 bridgehead atoms. The number of hydrogen-bond donors (Lipinski definition) is 1. The molecule has 0 saturated carbocycles. The van der Waals surface area contributed by atoms with Crippen molar-refractivity contribution in [1.29, 1.82) is 0 Å². The van der Waals surface area contributed by atoms with Gasteiger partial charge in [0.2, 0.25) is 0 Å².